The molecule has 3 rings (SSSR count). The average Bonchev–Trinajstić information content (AvgIpc) is 3.05. The summed E-state index contributed by atoms with van der Waals surface area (Å²) in [5, 5.41) is 2.63. The SMILES string of the molecule is C=CCOC(=O)C1=C(c2ccc(CNC(=O)OC)cc2)C[C@@H]2[C@@H](C(C)C)C(=O)N12. The quantitative estimate of drug-likeness (QED) is 0.434. The van der Waals surface area contributed by atoms with E-state index in [1.165, 1.54) is 13.2 Å². The highest BCUT2D eigenvalue weighted by Gasteiger charge is 2.56. The maximum Gasteiger partial charge on any atom is 0.407 e. The maximum atomic E-state index is 12.7. The molecule has 1 saturated heterocycles. The van der Waals surface area contributed by atoms with Crippen molar-refractivity contribution in [1.82, 2.24) is 10.2 Å². The van der Waals surface area contributed by atoms with Gasteiger partial charge in [0.1, 0.15) is 12.3 Å². The minimum atomic E-state index is -0.505. The molecule has 29 heavy (non-hydrogen) atoms. The van der Waals surface area contributed by atoms with Gasteiger partial charge in [-0.15, -0.1) is 0 Å². The van der Waals surface area contributed by atoms with E-state index < -0.39 is 12.1 Å². The van der Waals surface area contributed by atoms with E-state index in [2.05, 4.69) is 16.6 Å². The normalized spacial score (nSPS) is 20.3. The second kappa shape index (κ2) is 8.51. The molecule has 2 heterocycles. The third-order valence-electron chi connectivity index (χ3n) is 5.38. The topological polar surface area (TPSA) is 84.9 Å². The number of hydrogen-bond donors (Lipinski definition) is 1. The van der Waals surface area contributed by atoms with Crippen molar-refractivity contribution in [1.29, 1.82) is 0 Å². The van der Waals surface area contributed by atoms with Crippen molar-refractivity contribution in [3.63, 3.8) is 0 Å². The summed E-state index contributed by atoms with van der Waals surface area (Å²) in [5.41, 5.74) is 2.90. The van der Waals surface area contributed by atoms with Gasteiger partial charge in [-0.05, 0) is 29.0 Å². The van der Waals surface area contributed by atoms with Gasteiger partial charge in [-0.3, -0.25) is 4.79 Å². The van der Waals surface area contributed by atoms with Gasteiger partial charge in [0.05, 0.1) is 19.1 Å². The van der Waals surface area contributed by atoms with Crippen LogP contribution >= 0.6 is 0 Å². The number of β-lactam (4-membered cyclic amide) rings is 1. The zero-order chi connectivity index (χ0) is 21.1. The van der Waals surface area contributed by atoms with Gasteiger partial charge in [0.2, 0.25) is 5.91 Å². The van der Waals surface area contributed by atoms with Gasteiger partial charge >= 0.3 is 12.1 Å². The third-order valence-corrected chi connectivity index (χ3v) is 5.38. The molecule has 1 aromatic carbocycles. The number of carbonyl (C=O) groups is 3. The number of nitrogens with zero attached hydrogens (tertiary/aromatic N) is 1. The molecule has 0 radical (unpaired) electrons. The molecule has 7 heteroatoms. The summed E-state index contributed by atoms with van der Waals surface area (Å²) in [4.78, 5) is 38.2. The molecular weight excluding hydrogens is 372 g/mol. The predicted octanol–water partition coefficient (Wildman–Crippen LogP) is 2.87. The predicted molar refractivity (Wildman–Crippen MR) is 107 cm³/mol. The van der Waals surface area contributed by atoms with Gasteiger partial charge in [-0.25, -0.2) is 9.59 Å². The second-order valence-corrected chi connectivity index (χ2v) is 7.51. The molecule has 154 valence electrons. The van der Waals surface area contributed by atoms with Gasteiger partial charge in [0.15, 0.2) is 0 Å². The van der Waals surface area contributed by atoms with Crippen LogP contribution in [0.15, 0.2) is 42.6 Å². The zero-order valence-corrected chi connectivity index (χ0v) is 16.9. The van der Waals surface area contributed by atoms with Gasteiger partial charge < -0.3 is 19.7 Å². The van der Waals surface area contributed by atoms with Crippen molar-refractivity contribution < 1.29 is 23.9 Å². The second-order valence-electron chi connectivity index (χ2n) is 7.51. The van der Waals surface area contributed by atoms with Crippen LogP contribution in [0.2, 0.25) is 0 Å². The lowest BCUT2D eigenvalue weighted by Crippen LogP contribution is -2.60. The Bertz CT molecular complexity index is 856. The lowest BCUT2D eigenvalue weighted by Gasteiger charge is -2.45. The fraction of sp³-hybridized carbons (Fsp3) is 0.409. The van der Waals surface area contributed by atoms with Gasteiger partial charge in [0, 0.05) is 6.54 Å². The molecule has 0 saturated carbocycles. The van der Waals surface area contributed by atoms with E-state index in [4.69, 9.17) is 4.74 Å². The van der Waals surface area contributed by atoms with Crippen molar-refractivity contribution in [3.8, 4) is 0 Å². The summed E-state index contributed by atoms with van der Waals surface area (Å²) in [6, 6.07) is 7.53. The molecule has 2 atom stereocenters. The summed E-state index contributed by atoms with van der Waals surface area (Å²) in [7, 11) is 1.31. The largest absolute Gasteiger partial charge is 0.457 e. The molecule has 1 aromatic rings. The molecule has 0 bridgehead atoms. The first-order chi connectivity index (χ1) is 13.9. The van der Waals surface area contributed by atoms with E-state index in [1.54, 1.807) is 4.90 Å². The fourth-order valence-electron chi connectivity index (χ4n) is 3.99. The van der Waals surface area contributed by atoms with E-state index in [0.29, 0.717) is 18.7 Å². The number of rotatable bonds is 7. The number of carbonyl (C=O) groups excluding carboxylic acids is 3. The first kappa shape index (κ1) is 20.6. The Kier molecular flexibility index (Phi) is 6.06. The molecule has 1 fully saturated rings. The molecule has 0 spiro atoms. The molecule has 7 nitrogen and oxygen atoms in total. The maximum absolute atomic E-state index is 12.7. The van der Waals surface area contributed by atoms with Gasteiger partial charge in [0.25, 0.3) is 0 Å². The lowest BCUT2D eigenvalue weighted by atomic mass is 9.78. The standard InChI is InChI=1S/C22H26N2O5/c1-5-10-29-21(26)19-16(11-17-18(13(2)3)20(25)24(17)19)15-8-6-14(7-9-15)12-23-22(27)28-4/h5-9,13,17-18H,1,10-12H2,2-4H3,(H,23,27)/t17-,18-/m1/s1. The van der Waals surface area contributed by atoms with Crippen molar-refractivity contribution in [2.75, 3.05) is 13.7 Å². The number of ether oxygens (including phenoxy) is 2. The van der Waals surface area contributed by atoms with E-state index in [9.17, 15) is 14.4 Å². The minimum absolute atomic E-state index is 0.00977. The van der Waals surface area contributed by atoms with Crippen LogP contribution in [-0.4, -0.2) is 42.6 Å². The highest BCUT2D eigenvalue weighted by molar-refractivity contribution is 6.06. The number of hydrogen-bond acceptors (Lipinski definition) is 5. The first-order valence-electron chi connectivity index (χ1n) is 9.64. The first-order valence-corrected chi connectivity index (χ1v) is 9.64. The molecule has 0 unspecified atom stereocenters. The van der Waals surface area contributed by atoms with Crippen LogP contribution in [0.5, 0.6) is 0 Å². The fourth-order valence-corrected chi connectivity index (χ4v) is 3.99. The minimum Gasteiger partial charge on any atom is -0.457 e. The highest BCUT2D eigenvalue weighted by atomic mass is 16.5. The Hall–Kier alpha value is -3.09. The summed E-state index contributed by atoms with van der Waals surface area (Å²) in [6.07, 6.45) is 1.62. The van der Waals surface area contributed by atoms with Crippen molar-refractivity contribution >= 4 is 23.5 Å². The number of methoxy groups -OCH3 is 1. The Morgan fingerprint density at radius 1 is 1.31 bits per heavy atom. The van der Waals surface area contributed by atoms with E-state index in [-0.39, 0.29) is 30.4 Å². The summed E-state index contributed by atoms with van der Waals surface area (Å²) < 4.78 is 9.82. The van der Waals surface area contributed by atoms with Gasteiger partial charge in [-0.2, -0.15) is 0 Å². The smallest absolute Gasteiger partial charge is 0.407 e. The van der Waals surface area contributed by atoms with Crippen LogP contribution < -0.4 is 5.32 Å². The van der Waals surface area contributed by atoms with E-state index >= 15 is 0 Å². The summed E-state index contributed by atoms with van der Waals surface area (Å²) in [5.74, 6) is -0.405. The Balaban J connectivity index is 1.87. The number of benzene rings is 1. The number of fused-ring (bicyclic) bond motifs is 1. The monoisotopic (exact) mass is 398 g/mol. The van der Waals surface area contributed by atoms with E-state index in [0.717, 1.165) is 16.7 Å². The van der Waals surface area contributed by atoms with Crippen LogP contribution in [-0.2, 0) is 25.6 Å². The molecule has 2 aliphatic rings. The summed E-state index contributed by atoms with van der Waals surface area (Å²) >= 11 is 0. The molecule has 1 N–H and O–H groups in total. The molecule has 2 amide bonds. The van der Waals surface area contributed by atoms with Crippen LogP contribution in [0.25, 0.3) is 5.57 Å². The highest BCUT2D eigenvalue weighted by Crippen LogP contribution is 2.48. The van der Waals surface area contributed by atoms with Crippen LogP contribution in [0.3, 0.4) is 0 Å². The van der Waals surface area contributed by atoms with Crippen molar-refractivity contribution in [3.05, 3.63) is 53.7 Å². The molecule has 0 aliphatic carbocycles. The number of amides is 2. The third kappa shape index (κ3) is 3.90. The van der Waals surface area contributed by atoms with Crippen molar-refractivity contribution in [2.24, 2.45) is 11.8 Å². The van der Waals surface area contributed by atoms with E-state index in [1.807, 2.05) is 38.1 Å². The number of esters is 1. The van der Waals surface area contributed by atoms with Crippen LogP contribution in [0.1, 0.15) is 31.4 Å². The zero-order valence-electron chi connectivity index (χ0n) is 16.9. The molecule has 0 aromatic heterocycles. The number of alkyl carbamates (subject to hydrolysis) is 1. The lowest BCUT2D eigenvalue weighted by molar-refractivity contribution is -0.158. The molecule has 2 aliphatic heterocycles. The summed E-state index contributed by atoms with van der Waals surface area (Å²) in [6.45, 7) is 8.04. The van der Waals surface area contributed by atoms with Crippen LogP contribution in [0.4, 0.5) is 4.79 Å². The average molecular weight is 398 g/mol. The Labute approximate surface area is 170 Å². The molecular formula is C22H26N2O5. The Morgan fingerprint density at radius 3 is 2.59 bits per heavy atom. The van der Waals surface area contributed by atoms with Crippen molar-refractivity contribution in [2.45, 2.75) is 32.9 Å². The van der Waals surface area contributed by atoms with Crippen LogP contribution in [0, 0.1) is 11.8 Å². The number of nitrogens with one attached hydrogen (secondary N) is 1. The Morgan fingerprint density at radius 2 is 2.00 bits per heavy atom. The van der Waals surface area contributed by atoms with Gasteiger partial charge in [-0.1, -0.05) is 50.8 Å².